The van der Waals surface area contributed by atoms with Crippen molar-refractivity contribution in [2.75, 3.05) is 38.6 Å². The summed E-state index contributed by atoms with van der Waals surface area (Å²) in [5.74, 6) is -0.932. The van der Waals surface area contributed by atoms with Crippen LogP contribution in [-0.4, -0.2) is 44.7 Å². The van der Waals surface area contributed by atoms with E-state index in [-0.39, 0.29) is 11.7 Å². The highest BCUT2D eigenvalue weighted by atomic mass is 19.1. The number of benzene rings is 1. The van der Waals surface area contributed by atoms with Crippen molar-refractivity contribution < 1.29 is 8.78 Å². The summed E-state index contributed by atoms with van der Waals surface area (Å²) in [4.78, 5) is 4.06. The van der Waals surface area contributed by atoms with Gasteiger partial charge in [0.2, 0.25) is 0 Å². The van der Waals surface area contributed by atoms with Crippen molar-refractivity contribution >= 4 is 5.69 Å². The van der Waals surface area contributed by atoms with Gasteiger partial charge in [-0.3, -0.25) is 0 Å². The fraction of sp³-hybridized carbons (Fsp3) is 0.600. The van der Waals surface area contributed by atoms with Gasteiger partial charge in [-0.2, -0.15) is 0 Å². The van der Waals surface area contributed by atoms with Crippen molar-refractivity contribution in [2.45, 2.75) is 25.9 Å². The molecule has 1 aliphatic rings. The second-order valence-electron chi connectivity index (χ2n) is 5.60. The molecule has 3 nitrogen and oxygen atoms in total. The third-order valence-electron chi connectivity index (χ3n) is 3.79. The molecular weight excluding hydrogens is 260 g/mol. The molecule has 1 aromatic rings. The molecule has 1 N–H and O–H groups in total. The Morgan fingerprint density at radius 3 is 2.50 bits per heavy atom. The molecule has 20 heavy (non-hydrogen) atoms. The monoisotopic (exact) mass is 283 g/mol. The van der Waals surface area contributed by atoms with Crippen LogP contribution < -0.4 is 10.2 Å². The van der Waals surface area contributed by atoms with Crippen molar-refractivity contribution in [2.24, 2.45) is 0 Å². The summed E-state index contributed by atoms with van der Waals surface area (Å²) in [6, 6.07) is 2.95. The first-order chi connectivity index (χ1) is 9.52. The molecule has 1 aliphatic heterocycles. The number of likely N-dealkylation sites (N-methyl/N-ethyl adjacent to an activating group) is 1. The van der Waals surface area contributed by atoms with E-state index in [2.05, 4.69) is 10.2 Å². The number of nitrogens with one attached hydrogen (secondary N) is 1. The molecule has 0 spiro atoms. The number of hydrogen-bond acceptors (Lipinski definition) is 3. The van der Waals surface area contributed by atoms with Crippen LogP contribution in [0, 0.1) is 11.6 Å². The Morgan fingerprint density at radius 2 is 1.90 bits per heavy atom. The molecule has 1 atom stereocenters. The summed E-state index contributed by atoms with van der Waals surface area (Å²) in [6.07, 6.45) is 0.915. The number of rotatable bonds is 3. The van der Waals surface area contributed by atoms with E-state index in [1.807, 2.05) is 18.9 Å². The molecule has 0 aliphatic carbocycles. The standard InChI is InChI=1S/C15H23F2N3/c1-11-10-19(3)5-4-6-20(11)15-13(16)7-12(9-18-2)8-14(15)17/h7-8,11,18H,4-6,9-10H2,1-3H3. The van der Waals surface area contributed by atoms with Crippen molar-refractivity contribution in [3.8, 4) is 0 Å². The molecule has 0 aromatic heterocycles. The molecule has 1 aromatic carbocycles. The van der Waals surface area contributed by atoms with E-state index < -0.39 is 11.6 Å². The van der Waals surface area contributed by atoms with Crippen molar-refractivity contribution in [1.82, 2.24) is 10.2 Å². The Balaban J connectivity index is 2.31. The third kappa shape index (κ3) is 3.27. The van der Waals surface area contributed by atoms with Crippen LogP contribution in [0.2, 0.25) is 0 Å². The fourth-order valence-electron chi connectivity index (χ4n) is 2.90. The first kappa shape index (κ1) is 15.2. The Labute approximate surface area is 119 Å². The van der Waals surface area contributed by atoms with Crippen LogP contribution in [0.3, 0.4) is 0 Å². The molecule has 112 valence electrons. The van der Waals surface area contributed by atoms with Crippen LogP contribution in [0.5, 0.6) is 0 Å². The molecule has 1 saturated heterocycles. The molecule has 1 unspecified atom stereocenters. The molecular formula is C15H23F2N3. The maximum absolute atomic E-state index is 14.3. The molecule has 0 amide bonds. The van der Waals surface area contributed by atoms with Gasteiger partial charge in [0.15, 0.2) is 0 Å². The Kier molecular flexibility index (Phi) is 4.94. The number of nitrogens with zero attached hydrogens (tertiary/aromatic N) is 2. The Morgan fingerprint density at radius 1 is 1.25 bits per heavy atom. The van der Waals surface area contributed by atoms with E-state index >= 15 is 0 Å². The maximum atomic E-state index is 14.3. The van der Waals surface area contributed by atoms with E-state index in [0.717, 1.165) is 19.5 Å². The predicted molar refractivity (Wildman–Crippen MR) is 78.0 cm³/mol. The first-order valence-corrected chi connectivity index (χ1v) is 7.10. The fourth-order valence-corrected chi connectivity index (χ4v) is 2.90. The molecule has 5 heteroatoms. The topological polar surface area (TPSA) is 18.5 Å². The van der Waals surface area contributed by atoms with E-state index in [0.29, 0.717) is 18.7 Å². The zero-order valence-electron chi connectivity index (χ0n) is 12.4. The zero-order valence-corrected chi connectivity index (χ0v) is 12.4. The minimum atomic E-state index is -0.466. The zero-order chi connectivity index (χ0) is 14.7. The van der Waals surface area contributed by atoms with Gasteiger partial charge < -0.3 is 15.1 Å². The normalized spacial score (nSPS) is 21.1. The van der Waals surface area contributed by atoms with Crippen LogP contribution >= 0.6 is 0 Å². The summed E-state index contributed by atoms with van der Waals surface area (Å²) < 4.78 is 28.6. The van der Waals surface area contributed by atoms with Gasteiger partial charge >= 0.3 is 0 Å². The van der Waals surface area contributed by atoms with Gasteiger partial charge in [0.05, 0.1) is 0 Å². The predicted octanol–water partition coefficient (Wildman–Crippen LogP) is 2.21. The van der Waals surface area contributed by atoms with Gasteiger partial charge in [-0.15, -0.1) is 0 Å². The lowest BCUT2D eigenvalue weighted by Gasteiger charge is -2.31. The average Bonchev–Trinajstić information content (AvgIpc) is 2.51. The minimum absolute atomic E-state index is 0.0988. The van der Waals surface area contributed by atoms with E-state index in [1.54, 1.807) is 7.05 Å². The summed E-state index contributed by atoms with van der Waals surface area (Å²) >= 11 is 0. The van der Waals surface area contributed by atoms with Crippen LogP contribution in [0.1, 0.15) is 18.9 Å². The van der Waals surface area contributed by atoms with Crippen LogP contribution in [-0.2, 0) is 6.54 Å². The van der Waals surface area contributed by atoms with Crippen LogP contribution in [0.4, 0.5) is 14.5 Å². The summed E-state index contributed by atoms with van der Waals surface area (Å²) in [6.45, 7) is 4.94. The highest BCUT2D eigenvalue weighted by Gasteiger charge is 2.25. The average molecular weight is 283 g/mol. The van der Waals surface area contributed by atoms with Gasteiger partial charge in [0.1, 0.15) is 17.3 Å². The van der Waals surface area contributed by atoms with Crippen molar-refractivity contribution in [3.63, 3.8) is 0 Å². The van der Waals surface area contributed by atoms with Crippen LogP contribution in [0.15, 0.2) is 12.1 Å². The Hall–Kier alpha value is -1.20. The molecule has 2 rings (SSSR count). The van der Waals surface area contributed by atoms with Crippen molar-refractivity contribution in [1.29, 1.82) is 0 Å². The second-order valence-corrected chi connectivity index (χ2v) is 5.60. The summed E-state index contributed by atoms with van der Waals surface area (Å²) in [5, 5.41) is 2.91. The number of hydrogen-bond donors (Lipinski definition) is 1. The maximum Gasteiger partial charge on any atom is 0.149 e. The van der Waals surface area contributed by atoms with Crippen molar-refractivity contribution in [3.05, 3.63) is 29.3 Å². The molecule has 0 bridgehead atoms. The van der Waals surface area contributed by atoms with Gasteiger partial charge in [0.25, 0.3) is 0 Å². The van der Waals surface area contributed by atoms with Gasteiger partial charge in [-0.05, 0) is 51.7 Å². The lowest BCUT2D eigenvalue weighted by atomic mass is 10.1. The van der Waals surface area contributed by atoms with E-state index in [4.69, 9.17) is 0 Å². The number of halogens is 2. The van der Waals surface area contributed by atoms with Gasteiger partial charge in [-0.1, -0.05) is 0 Å². The smallest absolute Gasteiger partial charge is 0.149 e. The van der Waals surface area contributed by atoms with Gasteiger partial charge in [-0.25, -0.2) is 8.78 Å². The third-order valence-corrected chi connectivity index (χ3v) is 3.79. The first-order valence-electron chi connectivity index (χ1n) is 7.10. The van der Waals surface area contributed by atoms with Gasteiger partial charge in [0, 0.05) is 25.7 Å². The number of anilines is 1. The highest BCUT2D eigenvalue weighted by molar-refractivity contribution is 5.51. The van der Waals surface area contributed by atoms with Crippen LogP contribution in [0.25, 0.3) is 0 Å². The molecule has 1 fully saturated rings. The summed E-state index contributed by atoms with van der Waals surface area (Å²) in [7, 11) is 3.80. The highest BCUT2D eigenvalue weighted by Crippen LogP contribution is 2.28. The SMILES string of the molecule is CNCc1cc(F)c(N2CCCN(C)CC2C)c(F)c1. The lowest BCUT2D eigenvalue weighted by Crippen LogP contribution is -2.39. The lowest BCUT2D eigenvalue weighted by molar-refractivity contribution is 0.336. The largest absolute Gasteiger partial charge is 0.363 e. The van der Waals surface area contributed by atoms with E-state index in [9.17, 15) is 8.78 Å². The quantitative estimate of drug-likeness (QED) is 0.917. The minimum Gasteiger partial charge on any atom is -0.363 e. The molecule has 1 heterocycles. The molecule has 0 saturated carbocycles. The van der Waals surface area contributed by atoms with E-state index in [1.165, 1.54) is 12.1 Å². The summed E-state index contributed by atoms with van der Waals surface area (Å²) in [5.41, 5.74) is 0.749. The molecule has 0 radical (unpaired) electrons. The second kappa shape index (κ2) is 6.50. The Bertz CT molecular complexity index is 441.